The molecule has 148 heavy (non-hydrogen) atoms. The van der Waals surface area contributed by atoms with Gasteiger partial charge in [-0.05, 0) is 101 Å². The molecule has 16 rings (SSSR count). The molecule has 0 bridgehead atoms. The maximum Gasteiger partial charge on any atom is 0.351 e. The van der Waals surface area contributed by atoms with Gasteiger partial charge in [0.1, 0.15) is 150 Å². The number of aliphatic hydroxyl groups is 12. The number of hydrogen-bond donors (Lipinski definition) is 24. The molecule has 60 heteroatoms. The van der Waals surface area contributed by atoms with Gasteiger partial charge in [0, 0.05) is 37.2 Å². The minimum atomic E-state index is -1.40. The van der Waals surface area contributed by atoms with Crippen LogP contribution in [0, 0.1) is 35.5 Å². The number of carbonyl (C=O) groups excluding carboxylic acids is 6. The Morgan fingerprint density at radius 1 is 0.291 bits per heavy atom. The average molecular weight is 2110 g/mol. The molecule has 0 aromatic carbocycles. The first-order valence-electron chi connectivity index (χ1n) is 47.9. The van der Waals surface area contributed by atoms with E-state index in [2.05, 4.69) is 29.9 Å². The molecule has 12 heterocycles. The molecule has 60 nitrogen and oxygen atoms in total. The highest BCUT2D eigenvalue weighted by molar-refractivity contribution is 5.75. The molecular formula is C88H126N18O42. The summed E-state index contributed by atoms with van der Waals surface area (Å²) in [6.45, 7) is 6.01. The third-order valence-electron chi connectivity index (χ3n) is 25.7. The summed E-state index contributed by atoms with van der Waals surface area (Å²) in [7, 11) is 0. The smallest absolute Gasteiger partial charge is 0.351 e. The molecule has 24 N–H and O–H groups in total. The molecule has 10 aliphatic rings. The van der Waals surface area contributed by atoms with Gasteiger partial charge in [0.15, 0.2) is 72.3 Å². The van der Waals surface area contributed by atoms with Gasteiger partial charge in [-0.2, -0.15) is 29.9 Å². The minimum Gasteiger partial charge on any atom is -0.463 e. The molecule has 6 saturated heterocycles. The first-order chi connectivity index (χ1) is 70.8. The van der Waals surface area contributed by atoms with Gasteiger partial charge < -0.3 is 118 Å². The molecule has 6 aromatic rings. The number of rotatable bonds is 34. The fourth-order valence-electron chi connectivity index (χ4n) is 16.9. The number of carbonyl (C=O) groups is 6. The molecule has 4 saturated carbocycles. The Hall–Kier alpha value is -12.1. The molecule has 0 unspecified atom stereocenters. The van der Waals surface area contributed by atoms with Crippen molar-refractivity contribution in [3.8, 4) is 0 Å². The van der Waals surface area contributed by atoms with Crippen LogP contribution in [0.1, 0.15) is 181 Å². The summed E-state index contributed by atoms with van der Waals surface area (Å²) in [4.78, 5) is 164. The second-order valence-electron chi connectivity index (χ2n) is 36.4. The zero-order valence-electron chi connectivity index (χ0n) is 80.4. The Morgan fingerprint density at radius 3 is 0.655 bits per heavy atom. The third kappa shape index (κ3) is 29.8. The lowest BCUT2D eigenvalue weighted by Crippen LogP contribution is -2.37. The predicted molar refractivity (Wildman–Crippen MR) is 491 cm³/mol. The van der Waals surface area contributed by atoms with Crippen LogP contribution in [0.15, 0.2) is 102 Å². The lowest BCUT2D eigenvalue weighted by molar-refractivity contribution is -0.158. The van der Waals surface area contributed by atoms with Gasteiger partial charge in [0.25, 0.3) is 0 Å². The van der Waals surface area contributed by atoms with Crippen LogP contribution in [0.25, 0.3) is 0 Å². The van der Waals surface area contributed by atoms with Crippen LogP contribution in [0.2, 0.25) is 0 Å². The van der Waals surface area contributed by atoms with Crippen molar-refractivity contribution in [1.82, 2.24) is 57.3 Å². The van der Waals surface area contributed by atoms with E-state index in [1.165, 1.54) is 73.6 Å². The van der Waals surface area contributed by atoms with Gasteiger partial charge in [-0.15, -0.1) is 0 Å². The maximum absolute atomic E-state index is 12.2. The van der Waals surface area contributed by atoms with Crippen molar-refractivity contribution < 1.29 is 178 Å². The summed E-state index contributed by atoms with van der Waals surface area (Å²) < 4.78 is 69.7. The summed E-state index contributed by atoms with van der Waals surface area (Å²) in [6, 6.07) is 7.79. The van der Waals surface area contributed by atoms with Gasteiger partial charge in [-0.1, -0.05) is 79.1 Å². The Kier molecular flexibility index (Phi) is 43.1. The van der Waals surface area contributed by atoms with E-state index in [9.17, 15) is 119 Å². The average Bonchev–Trinajstić information content (AvgIpc) is 1.67. The minimum absolute atomic E-state index is 0.0581. The molecule has 24 atom stereocenters. The number of aliphatic hydroxyl groups excluding tert-OH is 12. The molecule has 4 aliphatic carbocycles. The Labute approximate surface area is 838 Å². The summed E-state index contributed by atoms with van der Waals surface area (Å²) in [6.07, 6.45) is -5.83. The summed E-state index contributed by atoms with van der Waals surface area (Å²) in [5, 5.41) is 174. The van der Waals surface area contributed by atoms with Crippen molar-refractivity contribution in [3.05, 3.63) is 136 Å². The number of hydrogen-bond acceptors (Lipinski definition) is 54. The SMILES string of the molecule is CC(C)C(=O)OC[C@H]1O[C@@H](n2ccc(NO)nc2=O)[C@H](O)[C@@H]1O.CCCC(CCC)C(=O)OC[C@H]1O[C@@H](n2ccc(NO)nc2=O)[C@H](O)[C@@H]1O.O=C(OC[C@H]1O[C@@H](n2ccc(NO)nc2=O)[C@H](O)[C@@H]1O)C1CC1.O=C(OC[C@H]1O[C@@H](n2ccc(NO)nc2=O)[C@H](O)[C@@H]1O)C1CCC1.O=C(OC[C@H]1O[C@@H](n2ccc(NO)nc2=O)[C@H](O)[C@@H]1O)C1CCCC1.O=C(OC[C@H]1O[C@@H](n2ccc(NO)nc2=O)[C@H](O)[C@@H]1O)C1CCCCC1. The predicted octanol–water partition coefficient (Wildman–Crippen LogP) is -3.91. The molecule has 10 fully saturated rings. The number of aromatic nitrogens is 12. The molecule has 0 amide bonds. The van der Waals surface area contributed by atoms with Crippen LogP contribution in [0.3, 0.4) is 0 Å². The molecule has 0 spiro atoms. The number of esters is 6. The van der Waals surface area contributed by atoms with Gasteiger partial charge in [-0.25, -0.2) is 28.8 Å². The van der Waals surface area contributed by atoms with E-state index in [0.717, 1.165) is 143 Å². The number of nitrogens with zero attached hydrogens (tertiary/aromatic N) is 12. The van der Waals surface area contributed by atoms with E-state index in [-0.39, 0.29) is 140 Å². The van der Waals surface area contributed by atoms with Crippen molar-refractivity contribution in [2.45, 2.75) is 291 Å². The summed E-state index contributed by atoms with van der Waals surface area (Å²) in [5.74, 6) is -3.51. The highest BCUT2D eigenvalue weighted by atomic mass is 16.6. The van der Waals surface area contributed by atoms with Crippen LogP contribution < -0.4 is 67.0 Å². The van der Waals surface area contributed by atoms with E-state index in [1.807, 2.05) is 13.8 Å². The van der Waals surface area contributed by atoms with Gasteiger partial charge in [0.05, 0.1) is 35.5 Å². The van der Waals surface area contributed by atoms with E-state index < -0.39 is 187 Å². The lowest BCUT2D eigenvalue weighted by Gasteiger charge is -2.24. The molecular weight excluding hydrogens is 1980 g/mol. The van der Waals surface area contributed by atoms with Gasteiger partial charge >= 0.3 is 70.0 Å². The monoisotopic (exact) mass is 2110 g/mol. The zero-order valence-corrected chi connectivity index (χ0v) is 80.4. The van der Waals surface area contributed by atoms with E-state index >= 15 is 0 Å². The Bertz CT molecular complexity index is 5620. The summed E-state index contributed by atoms with van der Waals surface area (Å²) >= 11 is 0. The van der Waals surface area contributed by atoms with Crippen LogP contribution in [-0.2, 0) is 85.6 Å². The van der Waals surface area contributed by atoms with E-state index in [0.29, 0.717) is 0 Å². The highest BCUT2D eigenvalue weighted by Gasteiger charge is 2.52. The van der Waals surface area contributed by atoms with E-state index in [4.69, 9.17) is 88.1 Å². The van der Waals surface area contributed by atoms with Crippen LogP contribution in [-0.4, -0.2) is 335 Å². The van der Waals surface area contributed by atoms with Gasteiger partial charge in [-0.3, -0.25) is 120 Å². The second kappa shape index (κ2) is 54.9. The van der Waals surface area contributed by atoms with E-state index in [1.54, 1.807) is 46.7 Å². The molecule has 6 aliphatic heterocycles. The fourth-order valence-corrected chi connectivity index (χ4v) is 16.9. The normalized spacial score (nSPS) is 28.5. The van der Waals surface area contributed by atoms with Crippen LogP contribution >= 0.6 is 0 Å². The number of anilines is 6. The van der Waals surface area contributed by atoms with Crippen LogP contribution in [0.4, 0.5) is 34.9 Å². The van der Waals surface area contributed by atoms with Gasteiger partial charge in [0.2, 0.25) is 0 Å². The fraction of sp³-hybridized carbons (Fsp3) is 0.659. The van der Waals surface area contributed by atoms with Crippen molar-refractivity contribution in [1.29, 1.82) is 0 Å². The van der Waals surface area contributed by atoms with Crippen LogP contribution in [0.5, 0.6) is 0 Å². The number of ether oxygens (including phenoxy) is 12. The second-order valence-corrected chi connectivity index (χ2v) is 36.4. The summed E-state index contributed by atoms with van der Waals surface area (Å²) in [5.41, 5.74) is 5.72. The highest BCUT2D eigenvalue weighted by Crippen LogP contribution is 2.38. The van der Waals surface area contributed by atoms with Crippen molar-refractivity contribution in [2.24, 2.45) is 35.5 Å². The molecule has 820 valence electrons. The lowest BCUT2D eigenvalue weighted by atomic mass is 9.86. The molecule has 6 aromatic heterocycles. The Morgan fingerprint density at radius 2 is 0.480 bits per heavy atom. The quantitative estimate of drug-likeness (QED) is 0.0104. The number of nitrogens with one attached hydrogen (secondary N) is 6. The topological polar surface area (TPSA) is 859 Å². The first kappa shape index (κ1) is 116. The molecule has 0 radical (unpaired) electrons. The first-order valence-corrected chi connectivity index (χ1v) is 47.9. The zero-order chi connectivity index (χ0) is 108. The van der Waals surface area contributed by atoms with Crippen molar-refractivity contribution >= 4 is 70.7 Å². The maximum atomic E-state index is 12.2. The largest absolute Gasteiger partial charge is 0.463 e. The Balaban J connectivity index is 0.000000169. The van der Waals surface area contributed by atoms with Crippen molar-refractivity contribution in [3.63, 3.8) is 0 Å². The standard InChI is InChI=1S/C17H27N3O7.C16H23N3O7.C15H21N3O7.C14H19N3O7.C13H17N3O7.C13H19N3O7/c1-3-5-10(6-4-2)16(23)26-9-11-13(21)14(22)15(27-11)20-8-7-12(19-25)18-17(20)24;20-12-10(8-25-15(22)9-4-2-1-3-5-9)26-14(13(12)21)19-7-6-11(18-24)17-16(19)23;19-11-9(7-24-14(21)8-3-1-2-4-8)25-13(12(11)20)18-6-5-10(17-23)16-15(18)22;18-10-8(6-23-13(20)7-2-1-3-7)24-12(11(10)19)17-5-4-9(16-22)15-14(17)21;17-9-7(5-22-12(19)6-1-2-6)23-11(10(9)18)16-4-3-8(15-21)14-13(16)20;1-6(2)12(19)22-5-7-9(17)10(18)11(23-7)16-4-3-8(15-21)14-13(16)20/h7-8,10-11,13-15,21-22,25H,3-6,9H2,1-2H3,(H,18,19,24);6-7,9-10,12-14,20-21,24H,1-5,8H2,(H,17,18,23);5-6,8-9,11-13,19-20,23H,1-4,7H2,(H,16,17,22);4-5,7-8,10-12,18-19,22H,1-3,6H2,(H,15,16,21);3-4,6-7,9-11,17-18,21H,1-2,5H2,(H,14,15,20);3-4,6-7,9-11,17-18,21H,5H2,1-2H3,(H,14,15,20)/t11-,13-,14-,15-;10-,12-,13-,14-;9-,11-,12-,13-;8-,10-,11-,12-;2*7-,9-,10-,11-/m111111/s1. The third-order valence-corrected chi connectivity index (χ3v) is 25.7. The van der Waals surface area contributed by atoms with Crippen molar-refractivity contribution in [2.75, 3.05) is 72.5 Å².